The predicted molar refractivity (Wildman–Crippen MR) is 99.1 cm³/mol. The topological polar surface area (TPSA) is 84.9 Å². The Balaban J connectivity index is 1.80. The Bertz CT molecular complexity index is 780. The lowest BCUT2D eigenvalue weighted by atomic mass is 9.95. The van der Waals surface area contributed by atoms with Gasteiger partial charge in [0.25, 0.3) is 0 Å². The van der Waals surface area contributed by atoms with Gasteiger partial charge in [0.15, 0.2) is 0 Å². The standard InChI is InChI=1S/C18H26N2O5S/c1-24-14-6-7-17(25-2)16(10-14)20(26(3,22)23)11-18(21)19-15-9-12-4-5-13(15)8-12/h6-7,10,12-13,15H,4-5,8-9,11H2,1-3H3,(H,19,21)/t12-,13-,15-/m0/s1. The molecule has 2 fully saturated rings. The number of fused-ring (bicyclic) bond motifs is 2. The third kappa shape index (κ3) is 3.90. The summed E-state index contributed by atoms with van der Waals surface area (Å²) in [6, 6.07) is 5.03. The first-order valence-electron chi connectivity index (χ1n) is 8.81. The summed E-state index contributed by atoms with van der Waals surface area (Å²) in [7, 11) is -0.720. The van der Waals surface area contributed by atoms with Gasteiger partial charge in [0.1, 0.15) is 18.0 Å². The van der Waals surface area contributed by atoms with E-state index in [0.717, 1.165) is 23.4 Å². The number of anilines is 1. The van der Waals surface area contributed by atoms with E-state index in [1.165, 1.54) is 27.1 Å². The van der Waals surface area contributed by atoms with Crippen LogP contribution >= 0.6 is 0 Å². The van der Waals surface area contributed by atoms with E-state index in [9.17, 15) is 13.2 Å². The van der Waals surface area contributed by atoms with E-state index in [1.807, 2.05) is 0 Å². The Morgan fingerprint density at radius 1 is 1.23 bits per heavy atom. The van der Waals surface area contributed by atoms with Gasteiger partial charge in [-0.05, 0) is 43.2 Å². The van der Waals surface area contributed by atoms with Gasteiger partial charge in [-0.2, -0.15) is 0 Å². The van der Waals surface area contributed by atoms with Crippen LogP contribution in [0.4, 0.5) is 5.69 Å². The summed E-state index contributed by atoms with van der Waals surface area (Å²) < 4.78 is 36.2. The van der Waals surface area contributed by atoms with Crippen LogP contribution in [0, 0.1) is 11.8 Å². The molecule has 26 heavy (non-hydrogen) atoms. The molecule has 1 aromatic rings. The van der Waals surface area contributed by atoms with Crippen molar-refractivity contribution in [3.63, 3.8) is 0 Å². The molecule has 144 valence electrons. The number of carbonyl (C=O) groups is 1. The van der Waals surface area contributed by atoms with Crippen LogP contribution in [-0.2, 0) is 14.8 Å². The van der Waals surface area contributed by atoms with Gasteiger partial charge < -0.3 is 14.8 Å². The number of ether oxygens (including phenoxy) is 2. The predicted octanol–water partition coefficient (Wildman–Crippen LogP) is 1.77. The first kappa shape index (κ1) is 18.8. The highest BCUT2D eigenvalue weighted by atomic mass is 32.2. The number of benzene rings is 1. The van der Waals surface area contributed by atoms with Gasteiger partial charge in [0.05, 0.1) is 26.2 Å². The third-order valence-corrected chi connectivity index (χ3v) is 6.55. The lowest BCUT2D eigenvalue weighted by Gasteiger charge is -2.27. The fourth-order valence-electron chi connectivity index (χ4n) is 4.18. The molecule has 0 heterocycles. The minimum absolute atomic E-state index is 0.162. The molecule has 0 saturated heterocycles. The molecule has 7 nitrogen and oxygen atoms in total. The largest absolute Gasteiger partial charge is 0.497 e. The number of carbonyl (C=O) groups excluding carboxylic acids is 1. The molecule has 0 aromatic heterocycles. The van der Waals surface area contributed by atoms with E-state index in [-0.39, 0.29) is 24.2 Å². The minimum atomic E-state index is -3.68. The van der Waals surface area contributed by atoms with Crippen LogP contribution in [-0.4, -0.2) is 47.4 Å². The number of sulfonamides is 1. The number of hydrogen-bond acceptors (Lipinski definition) is 5. The van der Waals surface area contributed by atoms with Gasteiger partial charge in [-0.3, -0.25) is 9.10 Å². The fraction of sp³-hybridized carbons (Fsp3) is 0.611. The average Bonchev–Trinajstić information content (AvgIpc) is 3.21. The fourth-order valence-corrected chi connectivity index (χ4v) is 5.03. The molecule has 2 aliphatic carbocycles. The zero-order valence-electron chi connectivity index (χ0n) is 15.4. The van der Waals surface area contributed by atoms with Crippen molar-refractivity contribution in [2.24, 2.45) is 11.8 Å². The molecule has 1 amide bonds. The van der Waals surface area contributed by atoms with Crippen molar-refractivity contribution in [3.8, 4) is 11.5 Å². The minimum Gasteiger partial charge on any atom is -0.497 e. The van der Waals surface area contributed by atoms with Gasteiger partial charge in [0, 0.05) is 12.1 Å². The molecule has 3 rings (SSSR count). The zero-order valence-corrected chi connectivity index (χ0v) is 16.2. The summed E-state index contributed by atoms with van der Waals surface area (Å²) in [5.41, 5.74) is 0.289. The summed E-state index contributed by atoms with van der Waals surface area (Å²) in [6.45, 7) is -0.282. The first-order chi connectivity index (χ1) is 12.3. The SMILES string of the molecule is COc1ccc(OC)c(N(CC(=O)N[C@H]2C[C@H]3CC[C@H]2C3)S(C)(=O)=O)c1. The van der Waals surface area contributed by atoms with E-state index in [4.69, 9.17) is 9.47 Å². The van der Waals surface area contributed by atoms with Crippen molar-refractivity contribution in [1.29, 1.82) is 0 Å². The van der Waals surface area contributed by atoms with Crippen molar-refractivity contribution >= 4 is 21.6 Å². The number of methoxy groups -OCH3 is 2. The number of nitrogens with zero attached hydrogens (tertiary/aromatic N) is 1. The van der Waals surface area contributed by atoms with Crippen molar-refractivity contribution in [1.82, 2.24) is 5.32 Å². The molecule has 0 unspecified atom stereocenters. The highest BCUT2D eigenvalue weighted by Gasteiger charge is 2.40. The maximum Gasteiger partial charge on any atom is 0.241 e. The monoisotopic (exact) mass is 382 g/mol. The Morgan fingerprint density at radius 3 is 2.54 bits per heavy atom. The summed E-state index contributed by atoms with van der Waals surface area (Å²) >= 11 is 0. The normalized spacial score (nSPS) is 24.3. The third-order valence-electron chi connectivity index (χ3n) is 5.43. The highest BCUT2D eigenvalue weighted by Crippen LogP contribution is 2.44. The van der Waals surface area contributed by atoms with E-state index >= 15 is 0 Å². The molecule has 2 saturated carbocycles. The van der Waals surface area contributed by atoms with Crippen LogP contribution in [0.2, 0.25) is 0 Å². The number of nitrogens with one attached hydrogen (secondary N) is 1. The molecule has 2 aliphatic rings. The van der Waals surface area contributed by atoms with Crippen LogP contribution in [0.5, 0.6) is 11.5 Å². The van der Waals surface area contributed by atoms with Crippen LogP contribution in [0.25, 0.3) is 0 Å². The molecule has 8 heteroatoms. The smallest absolute Gasteiger partial charge is 0.241 e. The average molecular weight is 382 g/mol. The summed E-state index contributed by atoms with van der Waals surface area (Å²) in [5, 5.41) is 3.03. The molecule has 0 aliphatic heterocycles. The molecule has 0 spiro atoms. The Labute approximate surface area is 154 Å². The van der Waals surface area contributed by atoms with Gasteiger partial charge in [-0.25, -0.2) is 8.42 Å². The first-order valence-corrected chi connectivity index (χ1v) is 10.7. The summed E-state index contributed by atoms with van der Waals surface area (Å²) in [6.07, 6.45) is 5.64. The van der Waals surface area contributed by atoms with Crippen LogP contribution in [0.1, 0.15) is 25.7 Å². The Kier molecular flexibility index (Phi) is 5.32. The maximum absolute atomic E-state index is 12.6. The highest BCUT2D eigenvalue weighted by molar-refractivity contribution is 7.92. The zero-order chi connectivity index (χ0) is 18.9. The van der Waals surface area contributed by atoms with Gasteiger partial charge in [-0.1, -0.05) is 6.42 Å². The van der Waals surface area contributed by atoms with Crippen LogP contribution < -0.4 is 19.1 Å². The molecule has 3 atom stereocenters. The second-order valence-electron chi connectivity index (χ2n) is 7.16. The van der Waals surface area contributed by atoms with Crippen molar-refractivity contribution in [2.45, 2.75) is 31.7 Å². The summed E-state index contributed by atoms with van der Waals surface area (Å²) in [4.78, 5) is 12.6. The number of amides is 1. The van der Waals surface area contributed by atoms with Crippen molar-refractivity contribution in [3.05, 3.63) is 18.2 Å². The van der Waals surface area contributed by atoms with E-state index < -0.39 is 10.0 Å². The van der Waals surface area contributed by atoms with Gasteiger partial charge in [-0.15, -0.1) is 0 Å². The van der Waals surface area contributed by atoms with Crippen molar-refractivity contribution < 1.29 is 22.7 Å². The Morgan fingerprint density at radius 2 is 2.00 bits per heavy atom. The van der Waals surface area contributed by atoms with Crippen LogP contribution in [0.3, 0.4) is 0 Å². The Hall–Kier alpha value is -1.96. The van der Waals surface area contributed by atoms with E-state index in [1.54, 1.807) is 18.2 Å². The van der Waals surface area contributed by atoms with Crippen LogP contribution in [0.15, 0.2) is 18.2 Å². The lowest BCUT2D eigenvalue weighted by Crippen LogP contribution is -2.45. The molecule has 2 bridgehead atoms. The second kappa shape index (κ2) is 7.34. The van der Waals surface area contributed by atoms with Gasteiger partial charge in [0.2, 0.25) is 15.9 Å². The van der Waals surface area contributed by atoms with E-state index in [0.29, 0.717) is 23.3 Å². The second-order valence-corrected chi connectivity index (χ2v) is 9.06. The molecule has 0 radical (unpaired) electrons. The van der Waals surface area contributed by atoms with Gasteiger partial charge >= 0.3 is 0 Å². The lowest BCUT2D eigenvalue weighted by molar-refractivity contribution is -0.120. The van der Waals surface area contributed by atoms with Crippen molar-refractivity contribution in [2.75, 3.05) is 31.3 Å². The summed E-state index contributed by atoms with van der Waals surface area (Å²) in [5.74, 6) is 1.79. The molecular formula is C18H26N2O5S. The molecule has 1 aromatic carbocycles. The number of rotatable bonds is 7. The number of hydrogen-bond donors (Lipinski definition) is 1. The maximum atomic E-state index is 12.6. The molecule has 1 N–H and O–H groups in total. The molecular weight excluding hydrogens is 356 g/mol. The quantitative estimate of drug-likeness (QED) is 0.777. The van der Waals surface area contributed by atoms with E-state index in [2.05, 4.69) is 5.32 Å².